The lowest BCUT2D eigenvalue weighted by Crippen LogP contribution is -2.21. The summed E-state index contributed by atoms with van der Waals surface area (Å²) >= 11 is 0. The van der Waals surface area contributed by atoms with Gasteiger partial charge in [0.05, 0.1) is 0 Å². The highest BCUT2D eigenvalue weighted by Gasteiger charge is 2.16. The molecule has 0 aliphatic rings. The molecule has 0 radical (unpaired) electrons. The Morgan fingerprint density at radius 2 is 1.95 bits per heavy atom. The van der Waals surface area contributed by atoms with Gasteiger partial charge in [0.15, 0.2) is 6.61 Å². The van der Waals surface area contributed by atoms with Crippen molar-refractivity contribution in [3.05, 3.63) is 52.7 Å². The minimum absolute atomic E-state index is 0.284. The van der Waals surface area contributed by atoms with E-state index in [9.17, 15) is 14.0 Å². The summed E-state index contributed by atoms with van der Waals surface area (Å²) in [6, 6.07) is 5.87. The van der Waals surface area contributed by atoms with E-state index in [0.29, 0.717) is 22.8 Å². The van der Waals surface area contributed by atoms with Gasteiger partial charge in [-0.3, -0.25) is 4.79 Å². The number of hydrogen-bond acceptors (Lipinski definition) is 4. The first-order chi connectivity index (χ1) is 10.4. The molecule has 0 unspecified atom stereocenters. The molecule has 22 heavy (non-hydrogen) atoms. The van der Waals surface area contributed by atoms with Crippen LogP contribution < -0.4 is 5.32 Å². The normalized spacial score (nSPS) is 10.4. The van der Waals surface area contributed by atoms with Gasteiger partial charge in [-0.1, -0.05) is 6.07 Å². The summed E-state index contributed by atoms with van der Waals surface area (Å²) in [4.78, 5) is 23.5. The third-order valence-electron chi connectivity index (χ3n) is 3.05. The zero-order valence-corrected chi connectivity index (χ0v) is 12.5. The van der Waals surface area contributed by atoms with Crippen molar-refractivity contribution < 1.29 is 23.1 Å². The molecular formula is C16H16FNO4. The molecule has 0 bridgehead atoms. The molecular weight excluding hydrogens is 289 g/mol. The Kier molecular flexibility index (Phi) is 4.60. The van der Waals surface area contributed by atoms with Gasteiger partial charge in [0.2, 0.25) is 0 Å². The first-order valence-corrected chi connectivity index (χ1v) is 6.67. The zero-order valence-electron chi connectivity index (χ0n) is 12.5. The lowest BCUT2D eigenvalue weighted by atomic mass is 10.2. The highest BCUT2D eigenvalue weighted by molar-refractivity contribution is 5.95. The number of aryl methyl sites for hydroxylation is 3. The van der Waals surface area contributed by atoms with Crippen molar-refractivity contribution in [2.24, 2.45) is 0 Å². The van der Waals surface area contributed by atoms with Crippen molar-refractivity contribution in [3.63, 3.8) is 0 Å². The van der Waals surface area contributed by atoms with Crippen molar-refractivity contribution in [3.8, 4) is 0 Å². The maximum atomic E-state index is 13.4. The highest BCUT2D eigenvalue weighted by Crippen LogP contribution is 2.15. The number of nitrogens with one attached hydrogen (secondary N) is 1. The zero-order chi connectivity index (χ0) is 16.3. The largest absolute Gasteiger partial charge is 0.466 e. The molecule has 0 saturated carbocycles. The van der Waals surface area contributed by atoms with Crippen LogP contribution in [0.25, 0.3) is 0 Å². The van der Waals surface area contributed by atoms with Crippen LogP contribution in [0.2, 0.25) is 0 Å². The van der Waals surface area contributed by atoms with Crippen LogP contribution in [0.4, 0.5) is 10.1 Å². The maximum Gasteiger partial charge on any atom is 0.342 e. The average molecular weight is 305 g/mol. The Labute approximate surface area is 127 Å². The van der Waals surface area contributed by atoms with Crippen LogP contribution in [-0.2, 0) is 9.53 Å². The molecule has 1 N–H and O–H groups in total. The molecule has 1 aromatic carbocycles. The second kappa shape index (κ2) is 6.43. The molecule has 1 heterocycles. The number of carbonyl (C=O) groups is 2. The molecule has 2 rings (SSSR count). The van der Waals surface area contributed by atoms with Crippen LogP contribution in [-0.4, -0.2) is 18.5 Å². The SMILES string of the molecule is Cc1cc(C(=O)OCC(=O)Nc2ccc(C)c(F)c2)c(C)o1. The number of esters is 1. The summed E-state index contributed by atoms with van der Waals surface area (Å²) in [5.41, 5.74) is 1.07. The Balaban J connectivity index is 1.91. The highest BCUT2D eigenvalue weighted by atomic mass is 19.1. The number of carbonyl (C=O) groups excluding carboxylic acids is 2. The number of benzene rings is 1. The Bertz CT molecular complexity index is 721. The predicted molar refractivity (Wildman–Crippen MR) is 78.2 cm³/mol. The molecule has 1 aromatic heterocycles. The van der Waals surface area contributed by atoms with Crippen molar-refractivity contribution in [2.75, 3.05) is 11.9 Å². The molecule has 0 atom stereocenters. The second-order valence-electron chi connectivity index (χ2n) is 4.92. The van der Waals surface area contributed by atoms with E-state index >= 15 is 0 Å². The summed E-state index contributed by atoms with van der Waals surface area (Å²) in [5, 5.41) is 2.46. The number of halogens is 1. The van der Waals surface area contributed by atoms with Gasteiger partial charge >= 0.3 is 5.97 Å². The fourth-order valence-electron chi connectivity index (χ4n) is 1.91. The molecule has 0 saturated heterocycles. The standard InChI is InChI=1S/C16H16FNO4/c1-9-4-5-12(7-14(9)17)18-15(19)8-21-16(20)13-6-10(2)22-11(13)3/h4-7H,8H2,1-3H3,(H,18,19). The molecule has 2 aromatic rings. The Morgan fingerprint density at radius 1 is 1.23 bits per heavy atom. The molecule has 1 amide bonds. The lowest BCUT2D eigenvalue weighted by Gasteiger charge is -2.07. The van der Waals surface area contributed by atoms with Crippen LogP contribution in [0.5, 0.6) is 0 Å². The third kappa shape index (κ3) is 3.72. The first-order valence-electron chi connectivity index (χ1n) is 6.67. The minimum Gasteiger partial charge on any atom is -0.466 e. The van der Waals surface area contributed by atoms with Crippen molar-refractivity contribution in [1.29, 1.82) is 0 Å². The summed E-state index contributed by atoms with van der Waals surface area (Å²) in [7, 11) is 0. The molecule has 6 heteroatoms. The van der Waals surface area contributed by atoms with E-state index in [1.165, 1.54) is 6.07 Å². The monoisotopic (exact) mass is 305 g/mol. The summed E-state index contributed by atoms with van der Waals surface area (Å²) in [6.07, 6.45) is 0. The van der Waals surface area contributed by atoms with Crippen LogP contribution in [0, 0.1) is 26.6 Å². The summed E-state index contributed by atoms with van der Waals surface area (Å²) in [6.45, 7) is 4.51. The molecule has 0 spiro atoms. The Morgan fingerprint density at radius 3 is 2.55 bits per heavy atom. The van der Waals surface area contributed by atoms with Gasteiger partial charge in [-0.05, 0) is 44.5 Å². The fourth-order valence-corrected chi connectivity index (χ4v) is 1.91. The van der Waals surface area contributed by atoms with Gasteiger partial charge in [0, 0.05) is 5.69 Å². The van der Waals surface area contributed by atoms with E-state index in [2.05, 4.69) is 5.32 Å². The number of anilines is 1. The van der Waals surface area contributed by atoms with Gasteiger partial charge in [0.25, 0.3) is 5.91 Å². The van der Waals surface area contributed by atoms with E-state index in [1.807, 2.05) is 0 Å². The quantitative estimate of drug-likeness (QED) is 0.881. The van der Waals surface area contributed by atoms with Gasteiger partial charge in [-0.25, -0.2) is 9.18 Å². The van der Waals surface area contributed by atoms with Gasteiger partial charge < -0.3 is 14.5 Å². The van der Waals surface area contributed by atoms with Crippen LogP contribution in [0.15, 0.2) is 28.7 Å². The molecule has 0 fully saturated rings. The number of rotatable bonds is 4. The first kappa shape index (κ1) is 15.8. The number of amides is 1. The summed E-state index contributed by atoms with van der Waals surface area (Å²) in [5.74, 6) is -0.583. The molecule has 116 valence electrons. The number of furan rings is 1. The predicted octanol–water partition coefficient (Wildman–Crippen LogP) is 3.14. The van der Waals surface area contributed by atoms with E-state index < -0.39 is 24.3 Å². The molecule has 0 aliphatic carbocycles. The van der Waals surface area contributed by atoms with Crippen LogP contribution >= 0.6 is 0 Å². The van der Waals surface area contributed by atoms with Crippen LogP contribution in [0.3, 0.4) is 0 Å². The van der Waals surface area contributed by atoms with E-state index in [4.69, 9.17) is 9.15 Å². The number of hydrogen-bond donors (Lipinski definition) is 1. The van der Waals surface area contributed by atoms with Crippen molar-refractivity contribution in [2.45, 2.75) is 20.8 Å². The van der Waals surface area contributed by atoms with Gasteiger partial charge in [-0.15, -0.1) is 0 Å². The smallest absolute Gasteiger partial charge is 0.342 e. The lowest BCUT2D eigenvalue weighted by molar-refractivity contribution is -0.119. The van der Waals surface area contributed by atoms with Gasteiger partial charge in [0.1, 0.15) is 22.9 Å². The van der Waals surface area contributed by atoms with Crippen LogP contribution in [0.1, 0.15) is 27.4 Å². The fraction of sp³-hybridized carbons (Fsp3) is 0.250. The van der Waals surface area contributed by atoms with E-state index in [1.54, 1.807) is 39.0 Å². The third-order valence-corrected chi connectivity index (χ3v) is 3.05. The van der Waals surface area contributed by atoms with E-state index in [-0.39, 0.29) is 5.56 Å². The maximum absolute atomic E-state index is 13.4. The Hall–Kier alpha value is -2.63. The number of ether oxygens (including phenoxy) is 1. The molecule has 5 nitrogen and oxygen atoms in total. The van der Waals surface area contributed by atoms with Crippen molar-refractivity contribution >= 4 is 17.6 Å². The topological polar surface area (TPSA) is 68.5 Å². The minimum atomic E-state index is -0.639. The van der Waals surface area contributed by atoms with Gasteiger partial charge in [-0.2, -0.15) is 0 Å². The second-order valence-corrected chi connectivity index (χ2v) is 4.92. The average Bonchev–Trinajstić information content (AvgIpc) is 2.79. The van der Waals surface area contributed by atoms with E-state index in [0.717, 1.165) is 0 Å². The molecule has 0 aliphatic heterocycles. The summed E-state index contributed by atoms with van der Waals surface area (Å²) < 4.78 is 23.5. The van der Waals surface area contributed by atoms with Crippen molar-refractivity contribution in [1.82, 2.24) is 0 Å².